The summed E-state index contributed by atoms with van der Waals surface area (Å²) in [5.41, 5.74) is 7.35. The van der Waals surface area contributed by atoms with Gasteiger partial charge in [-0.1, -0.05) is 30.3 Å². The number of carbonyl (C=O) groups is 3. The Morgan fingerprint density at radius 3 is 1.97 bits per heavy atom. The van der Waals surface area contributed by atoms with Crippen molar-refractivity contribution in [3.8, 4) is 5.75 Å². The fourth-order valence-electron chi connectivity index (χ4n) is 2.82. The van der Waals surface area contributed by atoms with Gasteiger partial charge in [0.15, 0.2) is 0 Å². The molecule has 3 aromatic carbocycles. The lowest BCUT2D eigenvalue weighted by Gasteiger charge is -2.11. The second-order valence-corrected chi connectivity index (χ2v) is 6.45. The Hall–Kier alpha value is -4.13. The summed E-state index contributed by atoms with van der Waals surface area (Å²) in [5, 5.41) is 2.80. The minimum atomic E-state index is -0.497. The molecule has 0 spiro atoms. The maximum absolute atomic E-state index is 12.4. The van der Waals surface area contributed by atoms with Gasteiger partial charge in [-0.15, -0.1) is 0 Å². The molecular weight excluding hydrogens is 382 g/mol. The second-order valence-electron chi connectivity index (χ2n) is 6.45. The summed E-state index contributed by atoms with van der Waals surface area (Å²) in [6.45, 7) is 1.86. The standard InChI is InChI=1S/C23H21N3O4/c1-15-7-3-4-8-18(15)22(28)24-17-13-11-16(12-14-17)21(27)25-26-23(29)19-9-5-6-10-20(19)30-2/h3-14H,1-2H3,(H,24,28)(H,25,27)(H,26,29). The largest absolute Gasteiger partial charge is 0.496 e. The molecule has 3 aromatic rings. The van der Waals surface area contributed by atoms with Crippen LogP contribution in [-0.4, -0.2) is 24.8 Å². The topological polar surface area (TPSA) is 96.5 Å². The Kier molecular flexibility index (Phi) is 6.44. The highest BCUT2D eigenvalue weighted by molar-refractivity contribution is 6.05. The first-order chi connectivity index (χ1) is 14.5. The van der Waals surface area contributed by atoms with Crippen molar-refractivity contribution >= 4 is 23.4 Å². The van der Waals surface area contributed by atoms with E-state index in [0.29, 0.717) is 28.1 Å². The molecule has 7 heteroatoms. The third kappa shape index (κ3) is 4.82. The van der Waals surface area contributed by atoms with Crippen LogP contribution < -0.4 is 20.9 Å². The van der Waals surface area contributed by atoms with Gasteiger partial charge in [0, 0.05) is 16.8 Å². The van der Waals surface area contributed by atoms with Crippen LogP contribution in [0.3, 0.4) is 0 Å². The minimum absolute atomic E-state index is 0.227. The third-order valence-corrected chi connectivity index (χ3v) is 4.44. The number of carbonyl (C=O) groups excluding carboxylic acids is 3. The van der Waals surface area contributed by atoms with Crippen molar-refractivity contribution in [2.45, 2.75) is 6.92 Å². The van der Waals surface area contributed by atoms with Crippen molar-refractivity contribution in [3.63, 3.8) is 0 Å². The normalized spacial score (nSPS) is 10.1. The number of nitrogens with one attached hydrogen (secondary N) is 3. The number of hydrogen-bond donors (Lipinski definition) is 3. The average Bonchev–Trinajstić information content (AvgIpc) is 2.78. The lowest BCUT2D eigenvalue weighted by molar-refractivity contribution is 0.0845. The fourth-order valence-corrected chi connectivity index (χ4v) is 2.82. The summed E-state index contributed by atoms with van der Waals surface area (Å²) in [6.07, 6.45) is 0. The Balaban J connectivity index is 1.59. The van der Waals surface area contributed by atoms with Crippen molar-refractivity contribution in [2.24, 2.45) is 0 Å². The molecule has 0 aliphatic rings. The molecule has 0 heterocycles. The molecule has 3 rings (SSSR count). The molecule has 0 atom stereocenters. The van der Waals surface area contributed by atoms with Crippen molar-refractivity contribution in [2.75, 3.05) is 12.4 Å². The molecule has 7 nitrogen and oxygen atoms in total. The molecule has 0 aliphatic heterocycles. The molecule has 3 N–H and O–H groups in total. The van der Waals surface area contributed by atoms with Gasteiger partial charge in [-0.3, -0.25) is 25.2 Å². The zero-order valence-corrected chi connectivity index (χ0v) is 16.6. The van der Waals surface area contributed by atoms with Crippen molar-refractivity contribution in [1.29, 1.82) is 0 Å². The van der Waals surface area contributed by atoms with Gasteiger partial charge in [0.05, 0.1) is 12.7 Å². The number of ether oxygens (including phenoxy) is 1. The molecule has 0 radical (unpaired) electrons. The van der Waals surface area contributed by atoms with E-state index in [-0.39, 0.29) is 5.91 Å². The van der Waals surface area contributed by atoms with Crippen LogP contribution in [0.1, 0.15) is 36.6 Å². The van der Waals surface area contributed by atoms with Gasteiger partial charge in [0.1, 0.15) is 5.75 Å². The number of methoxy groups -OCH3 is 1. The van der Waals surface area contributed by atoms with Crippen LogP contribution in [-0.2, 0) is 0 Å². The Morgan fingerprint density at radius 1 is 0.700 bits per heavy atom. The average molecular weight is 403 g/mol. The highest BCUT2D eigenvalue weighted by Gasteiger charge is 2.13. The first-order valence-corrected chi connectivity index (χ1v) is 9.20. The number of hydrogen-bond acceptors (Lipinski definition) is 4. The smallest absolute Gasteiger partial charge is 0.273 e. The van der Waals surface area contributed by atoms with E-state index in [2.05, 4.69) is 16.2 Å². The highest BCUT2D eigenvalue weighted by atomic mass is 16.5. The summed E-state index contributed by atoms with van der Waals surface area (Å²) < 4.78 is 5.13. The molecule has 0 bridgehead atoms. The van der Waals surface area contributed by atoms with Crippen molar-refractivity contribution in [3.05, 3.63) is 95.1 Å². The molecule has 0 saturated heterocycles. The van der Waals surface area contributed by atoms with Gasteiger partial charge in [-0.05, 0) is 55.0 Å². The lowest BCUT2D eigenvalue weighted by atomic mass is 10.1. The van der Waals surface area contributed by atoms with Crippen LogP contribution >= 0.6 is 0 Å². The van der Waals surface area contributed by atoms with E-state index in [1.54, 1.807) is 60.7 Å². The molecule has 0 unspecified atom stereocenters. The molecule has 0 saturated carbocycles. The first kappa shape index (κ1) is 20.6. The Bertz CT molecular complexity index is 1080. The first-order valence-electron chi connectivity index (χ1n) is 9.20. The van der Waals surface area contributed by atoms with E-state index in [1.165, 1.54) is 7.11 Å². The molecular formula is C23H21N3O4. The molecule has 0 aromatic heterocycles. The predicted octanol–water partition coefficient (Wildman–Crippen LogP) is 3.33. The van der Waals surface area contributed by atoms with Crippen LogP contribution in [0.2, 0.25) is 0 Å². The maximum atomic E-state index is 12.4. The van der Waals surface area contributed by atoms with Gasteiger partial charge in [-0.25, -0.2) is 0 Å². The molecule has 0 fully saturated rings. The van der Waals surface area contributed by atoms with Gasteiger partial charge in [0.2, 0.25) is 0 Å². The van der Waals surface area contributed by atoms with Crippen molar-refractivity contribution < 1.29 is 19.1 Å². The van der Waals surface area contributed by atoms with Crippen molar-refractivity contribution in [1.82, 2.24) is 10.9 Å². The number of benzene rings is 3. The SMILES string of the molecule is COc1ccccc1C(=O)NNC(=O)c1ccc(NC(=O)c2ccccc2C)cc1. The molecule has 0 aliphatic carbocycles. The van der Waals surface area contributed by atoms with E-state index in [4.69, 9.17) is 4.74 Å². The second kappa shape index (κ2) is 9.38. The number of rotatable bonds is 5. The van der Waals surface area contributed by atoms with Crippen LogP contribution in [0.4, 0.5) is 5.69 Å². The summed E-state index contributed by atoms with van der Waals surface area (Å²) in [6, 6.07) is 20.3. The zero-order valence-electron chi connectivity index (χ0n) is 16.6. The van der Waals surface area contributed by atoms with Crippen LogP contribution in [0, 0.1) is 6.92 Å². The summed E-state index contributed by atoms with van der Waals surface area (Å²) >= 11 is 0. The lowest BCUT2D eigenvalue weighted by Crippen LogP contribution is -2.41. The third-order valence-electron chi connectivity index (χ3n) is 4.44. The van der Waals surface area contributed by atoms with Gasteiger partial charge in [0.25, 0.3) is 17.7 Å². The predicted molar refractivity (Wildman–Crippen MR) is 114 cm³/mol. The summed E-state index contributed by atoms with van der Waals surface area (Å²) in [4.78, 5) is 36.9. The number of hydrazine groups is 1. The number of amides is 3. The Morgan fingerprint density at radius 2 is 1.30 bits per heavy atom. The highest BCUT2D eigenvalue weighted by Crippen LogP contribution is 2.17. The van der Waals surface area contributed by atoms with E-state index in [9.17, 15) is 14.4 Å². The van der Waals surface area contributed by atoms with Gasteiger partial charge in [-0.2, -0.15) is 0 Å². The van der Waals surface area contributed by atoms with Gasteiger partial charge >= 0.3 is 0 Å². The summed E-state index contributed by atoms with van der Waals surface area (Å²) in [5.74, 6) is -0.815. The van der Waals surface area contributed by atoms with E-state index in [1.807, 2.05) is 19.1 Å². The quantitative estimate of drug-likeness (QED) is 0.570. The van der Waals surface area contributed by atoms with E-state index >= 15 is 0 Å². The number of para-hydroxylation sites is 1. The summed E-state index contributed by atoms with van der Waals surface area (Å²) in [7, 11) is 1.46. The maximum Gasteiger partial charge on any atom is 0.273 e. The van der Waals surface area contributed by atoms with Crippen LogP contribution in [0.25, 0.3) is 0 Å². The molecule has 3 amide bonds. The zero-order chi connectivity index (χ0) is 21.5. The fraction of sp³-hybridized carbons (Fsp3) is 0.0870. The minimum Gasteiger partial charge on any atom is -0.496 e. The molecule has 152 valence electrons. The Labute approximate surface area is 174 Å². The monoisotopic (exact) mass is 403 g/mol. The van der Waals surface area contributed by atoms with E-state index < -0.39 is 11.8 Å². The van der Waals surface area contributed by atoms with Gasteiger partial charge < -0.3 is 10.1 Å². The number of anilines is 1. The molecule has 30 heavy (non-hydrogen) atoms. The van der Waals surface area contributed by atoms with E-state index in [0.717, 1.165) is 5.56 Å². The van der Waals surface area contributed by atoms with Crippen LogP contribution in [0.5, 0.6) is 5.75 Å². The number of aryl methyl sites for hydroxylation is 1. The van der Waals surface area contributed by atoms with Crippen LogP contribution in [0.15, 0.2) is 72.8 Å².